The van der Waals surface area contributed by atoms with E-state index in [1.54, 1.807) is 0 Å². The van der Waals surface area contributed by atoms with Crippen molar-refractivity contribution in [1.82, 2.24) is 9.78 Å². The molecule has 0 unspecified atom stereocenters. The fourth-order valence-corrected chi connectivity index (χ4v) is 2.66. The maximum absolute atomic E-state index is 6.36. The molecule has 0 aliphatic carbocycles. The average molecular weight is 262 g/mol. The number of hydrogen-bond acceptors (Lipinski definition) is 2. The van der Waals surface area contributed by atoms with Crippen molar-refractivity contribution in [2.75, 3.05) is 18.0 Å². The summed E-state index contributed by atoms with van der Waals surface area (Å²) in [6.45, 7) is 4.29. The Morgan fingerprint density at radius 1 is 1.22 bits per heavy atom. The molecule has 0 N–H and O–H groups in total. The first kappa shape index (κ1) is 11.6. The summed E-state index contributed by atoms with van der Waals surface area (Å²) in [6, 6.07) is 6.21. The van der Waals surface area contributed by atoms with Gasteiger partial charge in [0.05, 0.1) is 16.9 Å². The molecule has 3 rings (SSSR count). The van der Waals surface area contributed by atoms with Gasteiger partial charge in [0.1, 0.15) is 0 Å². The second-order valence-electron chi connectivity index (χ2n) is 4.79. The molecule has 0 spiro atoms. The summed E-state index contributed by atoms with van der Waals surface area (Å²) in [7, 11) is 0. The van der Waals surface area contributed by atoms with Crippen LogP contribution in [-0.2, 0) is 0 Å². The Kier molecular flexibility index (Phi) is 3.00. The molecule has 4 heteroatoms. The lowest BCUT2D eigenvalue weighted by molar-refractivity contribution is 0.878. The molecule has 0 radical (unpaired) electrons. The lowest BCUT2D eigenvalue weighted by Crippen LogP contribution is -2.17. The lowest BCUT2D eigenvalue weighted by atomic mass is 10.2. The predicted octanol–water partition coefficient (Wildman–Crippen LogP) is 3.43. The van der Waals surface area contributed by atoms with Crippen LogP contribution in [0.5, 0.6) is 0 Å². The van der Waals surface area contributed by atoms with E-state index in [0.29, 0.717) is 0 Å². The summed E-state index contributed by atoms with van der Waals surface area (Å²) >= 11 is 6.36. The molecule has 18 heavy (non-hydrogen) atoms. The smallest absolute Gasteiger partial charge is 0.0833 e. The van der Waals surface area contributed by atoms with Crippen molar-refractivity contribution in [3.8, 4) is 5.69 Å². The predicted molar refractivity (Wildman–Crippen MR) is 74.8 cm³/mol. The van der Waals surface area contributed by atoms with E-state index in [9.17, 15) is 0 Å². The molecule has 1 aromatic heterocycles. The Morgan fingerprint density at radius 3 is 2.61 bits per heavy atom. The normalized spacial score (nSPS) is 15.3. The molecule has 0 bridgehead atoms. The van der Waals surface area contributed by atoms with E-state index in [1.807, 2.05) is 36.1 Å². The molecule has 94 valence electrons. The van der Waals surface area contributed by atoms with E-state index in [2.05, 4.69) is 16.1 Å². The van der Waals surface area contributed by atoms with Gasteiger partial charge in [-0.05, 0) is 43.5 Å². The summed E-state index contributed by atoms with van der Waals surface area (Å²) < 4.78 is 1.82. The quantitative estimate of drug-likeness (QED) is 0.826. The van der Waals surface area contributed by atoms with E-state index in [4.69, 9.17) is 11.6 Å². The molecular weight excluding hydrogens is 246 g/mol. The zero-order chi connectivity index (χ0) is 12.5. The van der Waals surface area contributed by atoms with Crippen LogP contribution in [0.2, 0.25) is 5.02 Å². The zero-order valence-electron chi connectivity index (χ0n) is 10.4. The zero-order valence-corrected chi connectivity index (χ0v) is 11.2. The van der Waals surface area contributed by atoms with Gasteiger partial charge >= 0.3 is 0 Å². The van der Waals surface area contributed by atoms with Crippen molar-refractivity contribution < 1.29 is 0 Å². The third kappa shape index (κ3) is 2.10. The number of nitrogens with zero attached hydrogens (tertiary/aromatic N) is 3. The van der Waals surface area contributed by atoms with Crippen molar-refractivity contribution in [2.45, 2.75) is 19.8 Å². The van der Waals surface area contributed by atoms with Gasteiger partial charge in [0, 0.05) is 25.0 Å². The summed E-state index contributed by atoms with van der Waals surface area (Å²) in [5.74, 6) is 0. The van der Waals surface area contributed by atoms with Gasteiger partial charge in [0.2, 0.25) is 0 Å². The number of aromatic nitrogens is 2. The van der Waals surface area contributed by atoms with Gasteiger partial charge in [-0.2, -0.15) is 5.10 Å². The number of aryl methyl sites for hydroxylation is 1. The SMILES string of the molecule is Cc1cnn(-c2ccc(N3CCCC3)cc2Cl)c1. The Labute approximate surface area is 112 Å². The van der Waals surface area contributed by atoms with Crippen LogP contribution in [-0.4, -0.2) is 22.9 Å². The molecule has 0 amide bonds. The monoisotopic (exact) mass is 261 g/mol. The fraction of sp³-hybridized carbons (Fsp3) is 0.357. The average Bonchev–Trinajstić information content (AvgIpc) is 2.99. The number of benzene rings is 1. The van der Waals surface area contributed by atoms with Crippen molar-refractivity contribution in [2.24, 2.45) is 0 Å². The minimum Gasteiger partial charge on any atom is -0.371 e. The van der Waals surface area contributed by atoms with Crippen LogP contribution in [0, 0.1) is 6.92 Å². The number of rotatable bonds is 2. The first-order valence-electron chi connectivity index (χ1n) is 6.30. The van der Waals surface area contributed by atoms with Crippen LogP contribution in [0.4, 0.5) is 5.69 Å². The van der Waals surface area contributed by atoms with Crippen LogP contribution in [0.25, 0.3) is 5.69 Å². The molecule has 3 nitrogen and oxygen atoms in total. The minimum atomic E-state index is 0.752. The minimum absolute atomic E-state index is 0.752. The molecule has 1 fully saturated rings. The molecule has 2 heterocycles. The Hall–Kier alpha value is -1.48. The number of hydrogen-bond donors (Lipinski definition) is 0. The first-order chi connectivity index (χ1) is 8.74. The highest BCUT2D eigenvalue weighted by Crippen LogP contribution is 2.28. The third-order valence-corrected chi connectivity index (χ3v) is 3.66. The van der Waals surface area contributed by atoms with E-state index in [-0.39, 0.29) is 0 Å². The Morgan fingerprint density at radius 2 is 2.00 bits per heavy atom. The molecule has 2 aromatic rings. The Bertz CT molecular complexity index is 556. The second kappa shape index (κ2) is 4.65. The van der Waals surface area contributed by atoms with Gasteiger partial charge in [0.15, 0.2) is 0 Å². The van der Waals surface area contributed by atoms with Crippen molar-refractivity contribution in [3.63, 3.8) is 0 Å². The highest BCUT2D eigenvalue weighted by Gasteiger charge is 2.14. The molecule has 1 aliphatic heterocycles. The summed E-state index contributed by atoms with van der Waals surface area (Å²) in [6.07, 6.45) is 6.37. The maximum Gasteiger partial charge on any atom is 0.0833 e. The van der Waals surface area contributed by atoms with Crippen LogP contribution in [0.3, 0.4) is 0 Å². The van der Waals surface area contributed by atoms with Gasteiger partial charge < -0.3 is 4.90 Å². The molecule has 1 saturated heterocycles. The van der Waals surface area contributed by atoms with Gasteiger partial charge in [-0.3, -0.25) is 0 Å². The van der Waals surface area contributed by atoms with Crippen LogP contribution in [0.15, 0.2) is 30.6 Å². The van der Waals surface area contributed by atoms with E-state index >= 15 is 0 Å². The van der Waals surface area contributed by atoms with Gasteiger partial charge in [0.25, 0.3) is 0 Å². The molecule has 0 atom stereocenters. The highest BCUT2D eigenvalue weighted by molar-refractivity contribution is 6.32. The first-order valence-corrected chi connectivity index (χ1v) is 6.68. The molecule has 0 saturated carbocycles. The molecule has 1 aliphatic rings. The molecule has 1 aromatic carbocycles. The van der Waals surface area contributed by atoms with Crippen LogP contribution < -0.4 is 4.90 Å². The van der Waals surface area contributed by atoms with Gasteiger partial charge in [-0.15, -0.1) is 0 Å². The molecular formula is C14H16ClN3. The van der Waals surface area contributed by atoms with E-state index < -0.39 is 0 Å². The van der Waals surface area contributed by atoms with Gasteiger partial charge in [-0.1, -0.05) is 11.6 Å². The van der Waals surface area contributed by atoms with Crippen molar-refractivity contribution >= 4 is 17.3 Å². The van der Waals surface area contributed by atoms with E-state index in [0.717, 1.165) is 29.4 Å². The summed E-state index contributed by atoms with van der Waals surface area (Å²) in [5, 5.41) is 5.04. The standard InChI is InChI=1S/C14H16ClN3/c1-11-9-16-18(10-11)14-5-4-12(8-13(14)15)17-6-2-3-7-17/h4-5,8-10H,2-3,6-7H2,1H3. The van der Waals surface area contributed by atoms with E-state index in [1.165, 1.54) is 18.5 Å². The number of halogens is 1. The summed E-state index contributed by atoms with van der Waals surface area (Å²) in [5.41, 5.74) is 3.28. The topological polar surface area (TPSA) is 21.1 Å². The van der Waals surface area contributed by atoms with Crippen molar-refractivity contribution in [1.29, 1.82) is 0 Å². The fourth-order valence-electron chi connectivity index (χ4n) is 2.40. The third-order valence-electron chi connectivity index (χ3n) is 3.36. The largest absolute Gasteiger partial charge is 0.371 e. The van der Waals surface area contributed by atoms with Crippen molar-refractivity contribution in [3.05, 3.63) is 41.2 Å². The highest BCUT2D eigenvalue weighted by atomic mass is 35.5. The van der Waals surface area contributed by atoms with Crippen LogP contribution >= 0.6 is 11.6 Å². The lowest BCUT2D eigenvalue weighted by Gasteiger charge is -2.18. The van der Waals surface area contributed by atoms with Crippen LogP contribution in [0.1, 0.15) is 18.4 Å². The number of anilines is 1. The summed E-state index contributed by atoms with van der Waals surface area (Å²) in [4.78, 5) is 2.38. The van der Waals surface area contributed by atoms with Gasteiger partial charge in [-0.25, -0.2) is 4.68 Å². The maximum atomic E-state index is 6.36. The second-order valence-corrected chi connectivity index (χ2v) is 5.20. The Balaban J connectivity index is 1.93.